The number of piperazine rings is 1. The van der Waals surface area contributed by atoms with Crippen LogP contribution < -0.4 is 5.32 Å². The van der Waals surface area contributed by atoms with Crippen molar-refractivity contribution in [2.45, 2.75) is 6.04 Å². The molecular weight excluding hydrogens is 218 g/mol. The lowest BCUT2D eigenvalue weighted by atomic mass is 10.1. The predicted molar refractivity (Wildman–Crippen MR) is 63.4 cm³/mol. The number of aromatic nitrogens is 1. The molecule has 0 radical (unpaired) electrons. The Morgan fingerprint density at radius 2 is 2.29 bits per heavy atom. The van der Waals surface area contributed by atoms with Crippen LogP contribution in [0.5, 0.6) is 0 Å². The molecule has 0 aromatic carbocycles. The third kappa shape index (κ3) is 2.81. The van der Waals surface area contributed by atoms with E-state index in [0.29, 0.717) is 0 Å². The zero-order chi connectivity index (χ0) is 12.1. The molecule has 2 rings (SSSR count). The Morgan fingerprint density at radius 1 is 1.53 bits per heavy atom. The van der Waals surface area contributed by atoms with Crippen molar-refractivity contribution in [1.82, 2.24) is 15.2 Å². The number of methoxy groups -OCH3 is 1. The van der Waals surface area contributed by atoms with Crippen molar-refractivity contribution in [3.63, 3.8) is 0 Å². The summed E-state index contributed by atoms with van der Waals surface area (Å²) >= 11 is 0. The van der Waals surface area contributed by atoms with Gasteiger partial charge in [0.2, 0.25) is 0 Å². The van der Waals surface area contributed by atoms with Gasteiger partial charge in [0.05, 0.1) is 7.11 Å². The van der Waals surface area contributed by atoms with Gasteiger partial charge in [-0.2, -0.15) is 0 Å². The Bertz CT molecular complexity index is 363. The zero-order valence-corrected chi connectivity index (χ0v) is 9.93. The Hall–Kier alpha value is -1.46. The fourth-order valence-corrected chi connectivity index (χ4v) is 2.09. The quantitative estimate of drug-likeness (QED) is 0.759. The molecule has 1 atom stereocenters. The van der Waals surface area contributed by atoms with E-state index in [9.17, 15) is 4.79 Å². The number of hydrogen-bond acceptors (Lipinski definition) is 5. The molecule has 2 heterocycles. The molecule has 0 aliphatic carbocycles. The number of nitrogens with one attached hydrogen (secondary N) is 1. The van der Waals surface area contributed by atoms with Crippen molar-refractivity contribution in [1.29, 1.82) is 0 Å². The molecule has 0 amide bonds. The first-order valence-corrected chi connectivity index (χ1v) is 5.75. The number of ether oxygens (including phenoxy) is 1. The number of nitrogens with zero attached hydrogens (tertiary/aromatic N) is 2. The van der Waals surface area contributed by atoms with E-state index in [0.717, 1.165) is 31.7 Å². The van der Waals surface area contributed by atoms with Crippen LogP contribution in [-0.4, -0.2) is 49.1 Å². The van der Waals surface area contributed by atoms with Gasteiger partial charge in [-0.1, -0.05) is 6.07 Å². The number of pyridine rings is 1. The van der Waals surface area contributed by atoms with Gasteiger partial charge in [0, 0.05) is 38.6 Å². The molecule has 1 aliphatic rings. The van der Waals surface area contributed by atoms with Gasteiger partial charge in [-0.15, -0.1) is 0 Å². The van der Waals surface area contributed by atoms with Crippen LogP contribution in [0.15, 0.2) is 24.5 Å². The monoisotopic (exact) mass is 235 g/mol. The van der Waals surface area contributed by atoms with Crippen molar-refractivity contribution < 1.29 is 9.53 Å². The lowest BCUT2D eigenvalue weighted by Gasteiger charge is -2.33. The van der Waals surface area contributed by atoms with E-state index in [1.54, 1.807) is 12.4 Å². The van der Waals surface area contributed by atoms with Crippen molar-refractivity contribution >= 4 is 5.97 Å². The summed E-state index contributed by atoms with van der Waals surface area (Å²) in [7, 11) is 1.42. The minimum atomic E-state index is -0.337. The molecule has 0 saturated carbocycles. The largest absolute Gasteiger partial charge is 0.468 e. The number of carbonyl (C=O) groups excluding carboxylic acids is 1. The van der Waals surface area contributed by atoms with Gasteiger partial charge in [0.1, 0.15) is 6.04 Å². The smallest absolute Gasteiger partial charge is 0.327 e. The SMILES string of the molecule is COC(=O)C(c1cccnc1)N1CCNCC1. The van der Waals surface area contributed by atoms with Gasteiger partial charge >= 0.3 is 5.97 Å². The predicted octanol–water partition coefficient (Wildman–Crippen LogP) is 0.201. The first-order valence-electron chi connectivity index (χ1n) is 5.75. The fourth-order valence-electron chi connectivity index (χ4n) is 2.09. The lowest BCUT2D eigenvalue weighted by molar-refractivity contribution is -0.147. The van der Waals surface area contributed by atoms with Crippen molar-refractivity contribution in [3.05, 3.63) is 30.1 Å². The summed E-state index contributed by atoms with van der Waals surface area (Å²) in [5, 5.41) is 3.27. The fraction of sp³-hybridized carbons (Fsp3) is 0.500. The first-order chi connectivity index (χ1) is 8.33. The summed E-state index contributed by atoms with van der Waals surface area (Å²) in [6.45, 7) is 3.48. The molecule has 0 bridgehead atoms. The third-order valence-corrected chi connectivity index (χ3v) is 2.94. The van der Waals surface area contributed by atoms with Crippen molar-refractivity contribution in [2.75, 3.05) is 33.3 Å². The summed E-state index contributed by atoms with van der Waals surface area (Å²) in [6.07, 6.45) is 3.43. The number of hydrogen-bond donors (Lipinski definition) is 1. The van der Waals surface area contributed by atoms with Gasteiger partial charge in [0.25, 0.3) is 0 Å². The molecule has 1 fully saturated rings. The maximum atomic E-state index is 11.9. The van der Waals surface area contributed by atoms with Crippen LogP contribution in [0.3, 0.4) is 0 Å². The highest BCUT2D eigenvalue weighted by atomic mass is 16.5. The maximum Gasteiger partial charge on any atom is 0.327 e. The van der Waals surface area contributed by atoms with E-state index in [1.807, 2.05) is 12.1 Å². The molecule has 92 valence electrons. The van der Waals surface area contributed by atoms with Crippen molar-refractivity contribution in [2.24, 2.45) is 0 Å². The summed E-state index contributed by atoms with van der Waals surface area (Å²) in [5.41, 5.74) is 0.890. The Morgan fingerprint density at radius 3 is 2.88 bits per heavy atom. The molecule has 1 saturated heterocycles. The molecular formula is C12H17N3O2. The van der Waals surface area contributed by atoms with Gasteiger partial charge in [0.15, 0.2) is 0 Å². The van der Waals surface area contributed by atoms with E-state index in [4.69, 9.17) is 4.74 Å². The van der Waals surface area contributed by atoms with E-state index in [1.165, 1.54) is 7.11 Å². The second-order valence-corrected chi connectivity index (χ2v) is 4.00. The average molecular weight is 235 g/mol. The summed E-state index contributed by atoms with van der Waals surface area (Å²) < 4.78 is 4.89. The van der Waals surface area contributed by atoms with Crippen LogP contribution in [0, 0.1) is 0 Å². The average Bonchev–Trinajstić information content (AvgIpc) is 2.41. The summed E-state index contributed by atoms with van der Waals surface area (Å²) in [4.78, 5) is 18.1. The van der Waals surface area contributed by atoms with Gasteiger partial charge in [-0.3, -0.25) is 9.88 Å². The molecule has 0 spiro atoms. The second-order valence-electron chi connectivity index (χ2n) is 4.00. The third-order valence-electron chi connectivity index (χ3n) is 2.94. The van der Waals surface area contributed by atoms with Gasteiger partial charge in [-0.25, -0.2) is 4.79 Å². The molecule has 5 nitrogen and oxygen atoms in total. The molecule has 5 heteroatoms. The van der Waals surface area contributed by atoms with E-state index < -0.39 is 0 Å². The molecule has 1 aromatic rings. The molecule has 17 heavy (non-hydrogen) atoms. The zero-order valence-electron chi connectivity index (χ0n) is 9.93. The van der Waals surface area contributed by atoms with Gasteiger partial charge in [-0.05, 0) is 11.6 Å². The molecule has 1 unspecified atom stereocenters. The standard InChI is InChI=1S/C12H17N3O2/c1-17-12(16)11(10-3-2-4-14-9-10)15-7-5-13-6-8-15/h2-4,9,11,13H,5-8H2,1H3. The van der Waals surface area contributed by atoms with Crippen LogP contribution in [-0.2, 0) is 9.53 Å². The van der Waals surface area contributed by atoms with Crippen LogP contribution in [0.1, 0.15) is 11.6 Å². The topological polar surface area (TPSA) is 54.5 Å². The van der Waals surface area contributed by atoms with Crippen LogP contribution in [0.2, 0.25) is 0 Å². The first kappa shape index (κ1) is 12.0. The Labute approximate surface area is 101 Å². The van der Waals surface area contributed by atoms with Crippen LogP contribution >= 0.6 is 0 Å². The highest BCUT2D eigenvalue weighted by Crippen LogP contribution is 2.21. The highest BCUT2D eigenvalue weighted by Gasteiger charge is 2.29. The number of carbonyl (C=O) groups is 1. The number of rotatable bonds is 3. The van der Waals surface area contributed by atoms with E-state index in [-0.39, 0.29) is 12.0 Å². The molecule has 1 N–H and O–H groups in total. The van der Waals surface area contributed by atoms with Gasteiger partial charge < -0.3 is 10.1 Å². The van der Waals surface area contributed by atoms with Crippen LogP contribution in [0.4, 0.5) is 0 Å². The number of esters is 1. The van der Waals surface area contributed by atoms with Crippen molar-refractivity contribution in [3.8, 4) is 0 Å². The second kappa shape index (κ2) is 5.75. The summed E-state index contributed by atoms with van der Waals surface area (Å²) in [5.74, 6) is -0.222. The minimum Gasteiger partial charge on any atom is -0.468 e. The van der Waals surface area contributed by atoms with Crippen LogP contribution in [0.25, 0.3) is 0 Å². The Balaban J connectivity index is 2.21. The van der Waals surface area contributed by atoms with E-state index >= 15 is 0 Å². The molecule has 1 aliphatic heterocycles. The lowest BCUT2D eigenvalue weighted by Crippen LogP contribution is -2.47. The van der Waals surface area contributed by atoms with E-state index in [2.05, 4.69) is 15.2 Å². The highest BCUT2D eigenvalue weighted by molar-refractivity contribution is 5.77. The minimum absolute atomic E-state index is 0.222. The molecule has 1 aromatic heterocycles. The summed E-state index contributed by atoms with van der Waals surface area (Å²) in [6, 6.07) is 3.42. The maximum absolute atomic E-state index is 11.9. The normalized spacial score (nSPS) is 18.6. The Kier molecular flexibility index (Phi) is 4.06.